The van der Waals surface area contributed by atoms with E-state index in [2.05, 4.69) is 84.9 Å². The highest BCUT2D eigenvalue weighted by atomic mass is 14.2. The highest BCUT2D eigenvalue weighted by Gasteiger charge is 2.17. The fourth-order valence-electron chi connectivity index (χ4n) is 4.30. The van der Waals surface area contributed by atoms with Gasteiger partial charge in [0.25, 0.3) is 0 Å². The Labute approximate surface area is 139 Å². The molecule has 0 amide bonds. The first-order valence-electron chi connectivity index (χ1n) is 8.38. The van der Waals surface area contributed by atoms with Gasteiger partial charge >= 0.3 is 0 Å². The molecule has 0 N–H and O–H groups in total. The molecule has 0 radical (unpaired) electrons. The topological polar surface area (TPSA) is 0 Å². The Balaban J connectivity index is 1.93. The van der Waals surface area contributed by atoms with Crippen LogP contribution >= 0.6 is 0 Å². The van der Waals surface area contributed by atoms with Crippen LogP contribution in [0.4, 0.5) is 0 Å². The second-order valence-electron chi connectivity index (χ2n) is 6.62. The smallest absolute Gasteiger partial charge is 0.00262 e. The first kappa shape index (κ1) is 12.3. The van der Waals surface area contributed by atoms with Gasteiger partial charge in [0.2, 0.25) is 0 Å². The molecule has 0 nitrogen and oxygen atoms in total. The molecule has 0 heteroatoms. The molecule has 2 aliphatic rings. The van der Waals surface area contributed by atoms with Crippen molar-refractivity contribution in [1.82, 2.24) is 0 Å². The summed E-state index contributed by atoms with van der Waals surface area (Å²) in [6, 6.07) is 26.4. The van der Waals surface area contributed by atoms with Crippen LogP contribution in [0.25, 0.3) is 44.8 Å². The van der Waals surface area contributed by atoms with Gasteiger partial charge in [0, 0.05) is 0 Å². The fraction of sp³-hybridized carbons (Fsp3) is 0. The maximum atomic E-state index is 2.37. The van der Waals surface area contributed by atoms with E-state index < -0.39 is 0 Å². The average Bonchev–Trinajstić information content (AvgIpc) is 3.17. The van der Waals surface area contributed by atoms with Crippen LogP contribution in [-0.4, -0.2) is 0 Å². The van der Waals surface area contributed by atoms with Crippen LogP contribution < -0.4 is 20.9 Å². The van der Waals surface area contributed by atoms with Gasteiger partial charge in [0.15, 0.2) is 0 Å². The predicted molar refractivity (Wildman–Crippen MR) is 102 cm³/mol. The zero-order chi connectivity index (χ0) is 15.7. The summed E-state index contributed by atoms with van der Waals surface area (Å²) in [7, 11) is 0. The Hall–Kier alpha value is -3.12. The van der Waals surface area contributed by atoms with E-state index in [0.717, 1.165) is 0 Å². The lowest BCUT2D eigenvalue weighted by molar-refractivity contribution is 1.58. The number of hydrogen-bond acceptors (Lipinski definition) is 0. The monoisotopic (exact) mass is 302 g/mol. The lowest BCUT2D eigenvalue weighted by Crippen LogP contribution is -2.25. The summed E-state index contributed by atoms with van der Waals surface area (Å²) in [4.78, 5) is 0. The van der Waals surface area contributed by atoms with Crippen molar-refractivity contribution >= 4 is 44.8 Å². The molecule has 0 fully saturated rings. The van der Waals surface area contributed by atoms with E-state index in [1.54, 1.807) is 0 Å². The van der Waals surface area contributed by atoms with Gasteiger partial charge in [-0.3, -0.25) is 0 Å². The van der Waals surface area contributed by atoms with Gasteiger partial charge in [-0.25, -0.2) is 0 Å². The summed E-state index contributed by atoms with van der Waals surface area (Å²) in [5, 5.41) is 10.8. The minimum atomic E-state index is 1.31. The molecule has 0 spiro atoms. The Bertz CT molecular complexity index is 1320. The van der Waals surface area contributed by atoms with E-state index in [9.17, 15) is 0 Å². The van der Waals surface area contributed by atoms with Crippen LogP contribution in [0.2, 0.25) is 0 Å². The van der Waals surface area contributed by atoms with Crippen molar-refractivity contribution in [3.05, 3.63) is 93.7 Å². The highest BCUT2D eigenvalue weighted by molar-refractivity contribution is 6.21. The molecule has 6 rings (SSSR count). The molecular formula is C24H14. The molecule has 0 saturated heterocycles. The third-order valence-corrected chi connectivity index (χ3v) is 5.35. The Morgan fingerprint density at radius 3 is 1.38 bits per heavy atom. The standard InChI is InChI=1S/C24H14/c1-3-7-19-15(5-1)9-11-17-13-22-21(23(17)19)14-18-12-10-16-6-2-4-8-20(16)24(18)22/h1-14H. The zero-order valence-corrected chi connectivity index (χ0v) is 13.1. The first-order valence-corrected chi connectivity index (χ1v) is 8.38. The van der Waals surface area contributed by atoms with Crippen molar-refractivity contribution in [1.29, 1.82) is 0 Å². The molecule has 110 valence electrons. The van der Waals surface area contributed by atoms with E-state index in [0.29, 0.717) is 0 Å². The summed E-state index contributed by atoms with van der Waals surface area (Å²) in [6.45, 7) is 0. The van der Waals surface area contributed by atoms with E-state index in [1.165, 1.54) is 53.6 Å². The molecule has 4 aromatic carbocycles. The van der Waals surface area contributed by atoms with Crippen molar-refractivity contribution in [2.45, 2.75) is 0 Å². The van der Waals surface area contributed by atoms with Crippen LogP contribution in [0.1, 0.15) is 0 Å². The number of hydrogen-bond donors (Lipinski definition) is 0. The van der Waals surface area contributed by atoms with Gasteiger partial charge in [-0.1, -0.05) is 72.8 Å². The zero-order valence-electron chi connectivity index (χ0n) is 13.1. The normalized spacial score (nSPS) is 14.3. The fourth-order valence-corrected chi connectivity index (χ4v) is 4.30. The van der Waals surface area contributed by atoms with Gasteiger partial charge in [-0.05, 0) is 65.7 Å². The van der Waals surface area contributed by atoms with Crippen molar-refractivity contribution in [2.75, 3.05) is 0 Å². The molecule has 0 saturated carbocycles. The number of rotatable bonds is 0. The molecule has 0 bridgehead atoms. The Kier molecular flexibility index (Phi) is 2.18. The first-order chi connectivity index (χ1) is 11.9. The third kappa shape index (κ3) is 1.43. The van der Waals surface area contributed by atoms with Crippen LogP contribution in [-0.2, 0) is 0 Å². The van der Waals surface area contributed by atoms with Crippen LogP contribution in [0.3, 0.4) is 0 Å². The van der Waals surface area contributed by atoms with Gasteiger partial charge < -0.3 is 0 Å². The molecule has 4 aromatic rings. The van der Waals surface area contributed by atoms with Gasteiger partial charge in [-0.15, -0.1) is 0 Å². The summed E-state index contributed by atoms with van der Waals surface area (Å²) in [5.41, 5.74) is 2.77. The van der Waals surface area contributed by atoms with E-state index >= 15 is 0 Å². The molecule has 0 atom stereocenters. The predicted octanol–water partition coefficient (Wildman–Crippen LogP) is 2.58. The third-order valence-electron chi connectivity index (χ3n) is 5.35. The number of fused-ring (bicyclic) bond motifs is 7. The van der Waals surface area contributed by atoms with E-state index in [1.807, 2.05) is 0 Å². The van der Waals surface area contributed by atoms with Crippen LogP contribution in [0.15, 0.2) is 72.8 Å². The minimum absolute atomic E-state index is 1.31. The highest BCUT2D eigenvalue weighted by Crippen LogP contribution is 2.23. The molecule has 0 heterocycles. The van der Waals surface area contributed by atoms with Crippen molar-refractivity contribution < 1.29 is 0 Å². The van der Waals surface area contributed by atoms with Crippen molar-refractivity contribution in [3.63, 3.8) is 0 Å². The molecule has 0 unspecified atom stereocenters. The molecule has 0 aromatic heterocycles. The summed E-state index contributed by atoms with van der Waals surface area (Å²) in [5.74, 6) is 0. The quantitative estimate of drug-likeness (QED) is 0.468. The molecule has 24 heavy (non-hydrogen) atoms. The average molecular weight is 302 g/mol. The largest absolute Gasteiger partial charge is 0.0616 e. The Morgan fingerprint density at radius 1 is 0.417 bits per heavy atom. The lowest BCUT2D eigenvalue weighted by Gasteiger charge is -1.99. The maximum Gasteiger partial charge on any atom is -0.00262 e. The summed E-state index contributed by atoms with van der Waals surface area (Å²) < 4.78 is 0. The summed E-state index contributed by atoms with van der Waals surface area (Å²) >= 11 is 0. The molecule has 0 aliphatic heterocycles. The van der Waals surface area contributed by atoms with Crippen LogP contribution in [0, 0.1) is 0 Å². The van der Waals surface area contributed by atoms with E-state index in [4.69, 9.17) is 0 Å². The van der Waals surface area contributed by atoms with Crippen LogP contribution in [0.5, 0.6) is 0 Å². The molecular weight excluding hydrogens is 288 g/mol. The van der Waals surface area contributed by atoms with Gasteiger partial charge in [0.1, 0.15) is 0 Å². The minimum Gasteiger partial charge on any atom is -0.0616 e. The maximum absolute atomic E-state index is 2.37. The summed E-state index contributed by atoms with van der Waals surface area (Å²) in [6.07, 6.45) is 4.73. The van der Waals surface area contributed by atoms with Crippen molar-refractivity contribution in [3.8, 4) is 0 Å². The van der Waals surface area contributed by atoms with Gasteiger partial charge in [-0.2, -0.15) is 0 Å². The second-order valence-corrected chi connectivity index (χ2v) is 6.62. The number of benzene rings is 4. The van der Waals surface area contributed by atoms with Gasteiger partial charge in [0.05, 0.1) is 0 Å². The van der Waals surface area contributed by atoms with Crippen molar-refractivity contribution in [2.24, 2.45) is 0 Å². The van der Waals surface area contributed by atoms with E-state index in [-0.39, 0.29) is 0 Å². The molecule has 2 aliphatic carbocycles. The second kappa shape index (κ2) is 4.24. The Morgan fingerprint density at radius 2 is 0.875 bits per heavy atom. The SMILES string of the molecule is C1=c2ccc3ccccc3c2=C2C=c3ccc4ccccc4c3=C12. The lowest BCUT2D eigenvalue weighted by atomic mass is 10.0.